The van der Waals surface area contributed by atoms with Gasteiger partial charge in [-0.15, -0.1) is 11.8 Å². The Morgan fingerprint density at radius 1 is 1.37 bits per heavy atom. The Morgan fingerprint density at radius 3 is 2.79 bits per heavy atom. The van der Waals surface area contributed by atoms with Crippen LogP contribution in [0.5, 0.6) is 5.75 Å². The van der Waals surface area contributed by atoms with Crippen LogP contribution in [0.25, 0.3) is 0 Å². The maximum absolute atomic E-state index is 11.3. The highest BCUT2D eigenvalue weighted by Gasteiger charge is 2.18. The average molecular weight is 282 g/mol. The molecule has 0 saturated carbocycles. The van der Waals surface area contributed by atoms with E-state index >= 15 is 0 Å². The summed E-state index contributed by atoms with van der Waals surface area (Å²) in [5, 5.41) is 8.89. The summed E-state index contributed by atoms with van der Waals surface area (Å²) >= 11 is 1.40. The van der Waals surface area contributed by atoms with Crippen LogP contribution in [0.4, 0.5) is 0 Å². The number of hydrogen-bond acceptors (Lipinski definition) is 3. The van der Waals surface area contributed by atoms with Crippen molar-refractivity contribution in [1.29, 1.82) is 0 Å². The van der Waals surface area contributed by atoms with Crippen LogP contribution in [0.15, 0.2) is 29.2 Å². The Balaban J connectivity index is 2.54. The summed E-state index contributed by atoms with van der Waals surface area (Å²) in [6, 6.07) is 7.56. The third-order valence-electron chi connectivity index (χ3n) is 2.91. The highest BCUT2D eigenvalue weighted by atomic mass is 32.2. The summed E-state index contributed by atoms with van der Waals surface area (Å²) in [4.78, 5) is 12.2. The summed E-state index contributed by atoms with van der Waals surface area (Å²) in [6.45, 7) is 2.15. The molecule has 1 N–H and O–H groups in total. The van der Waals surface area contributed by atoms with E-state index < -0.39 is 5.97 Å². The molecule has 0 aliphatic carbocycles. The van der Waals surface area contributed by atoms with Gasteiger partial charge in [0.25, 0.3) is 0 Å². The number of thioether (sulfide) groups is 1. The third-order valence-corrected chi connectivity index (χ3v) is 4.16. The van der Waals surface area contributed by atoms with Gasteiger partial charge < -0.3 is 9.84 Å². The molecule has 0 saturated heterocycles. The van der Waals surface area contributed by atoms with Crippen molar-refractivity contribution in [1.82, 2.24) is 0 Å². The van der Waals surface area contributed by atoms with Gasteiger partial charge >= 0.3 is 5.97 Å². The van der Waals surface area contributed by atoms with E-state index in [-0.39, 0.29) is 5.25 Å². The maximum Gasteiger partial charge on any atom is 0.316 e. The number of ether oxygens (including phenoxy) is 1. The fourth-order valence-corrected chi connectivity index (χ4v) is 2.88. The van der Waals surface area contributed by atoms with Crippen molar-refractivity contribution in [2.24, 2.45) is 0 Å². The van der Waals surface area contributed by atoms with Crippen molar-refractivity contribution in [3.05, 3.63) is 24.3 Å². The first-order valence-corrected chi connectivity index (χ1v) is 7.58. The van der Waals surface area contributed by atoms with Crippen molar-refractivity contribution in [3.63, 3.8) is 0 Å². The normalized spacial score (nSPS) is 12.1. The number of carboxylic acid groups (broad SMARTS) is 1. The van der Waals surface area contributed by atoms with Crippen LogP contribution in [-0.2, 0) is 4.79 Å². The lowest BCUT2D eigenvalue weighted by Crippen LogP contribution is -2.16. The Bertz CT molecular complexity index is 393. The van der Waals surface area contributed by atoms with Crippen molar-refractivity contribution in [2.75, 3.05) is 7.11 Å². The van der Waals surface area contributed by atoms with E-state index in [2.05, 4.69) is 6.92 Å². The zero-order valence-corrected chi connectivity index (χ0v) is 12.4. The molecule has 0 bridgehead atoms. The first-order chi connectivity index (χ1) is 9.17. The molecular formula is C15H22O3S. The molecular weight excluding hydrogens is 260 g/mol. The quantitative estimate of drug-likeness (QED) is 0.544. The summed E-state index contributed by atoms with van der Waals surface area (Å²) in [7, 11) is 1.61. The van der Waals surface area contributed by atoms with Gasteiger partial charge in [0, 0.05) is 4.90 Å². The molecule has 0 radical (unpaired) electrons. The molecule has 1 aromatic rings. The Kier molecular flexibility index (Phi) is 7.41. The van der Waals surface area contributed by atoms with E-state index in [0.717, 1.165) is 29.9 Å². The maximum atomic E-state index is 11.3. The number of methoxy groups -OCH3 is 1. The van der Waals surface area contributed by atoms with Gasteiger partial charge in [-0.1, -0.05) is 38.7 Å². The first kappa shape index (κ1) is 15.9. The molecule has 0 fully saturated rings. The van der Waals surface area contributed by atoms with Gasteiger partial charge in [-0.25, -0.2) is 0 Å². The highest BCUT2D eigenvalue weighted by Crippen LogP contribution is 2.29. The molecule has 106 valence electrons. The Hall–Kier alpha value is -1.16. The Morgan fingerprint density at radius 2 is 2.16 bits per heavy atom. The fourth-order valence-electron chi connectivity index (χ4n) is 1.83. The number of carbonyl (C=O) groups is 1. The van der Waals surface area contributed by atoms with Gasteiger partial charge in [-0.3, -0.25) is 4.79 Å². The first-order valence-electron chi connectivity index (χ1n) is 6.71. The summed E-state index contributed by atoms with van der Waals surface area (Å²) in [5.41, 5.74) is 0. The number of hydrogen-bond donors (Lipinski definition) is 1. The minimum atomic E-state index is -0.732. The zero-order chi connectivity index (χ0) is 14.1. The van der Waals surface area contributed by atoms with Crippen LogP contribution in [0, 0.1) is 0 Å². The lowest BCUT2D eigenvalue weighted by atomic mass is 10.1. The topological polar surface area (TPSA) is 46.5 Å². The minimum absolute atomic E-state index is 0.371. The van der Waals surface area contributed by atoms with E-state index in [1.54, 1.807) is 7.11 Å². The highest BCUT2D eigenvalue weighted by molar-refractivity contribution is 8.00. The number of unbranched alkanes of at least 4 members (excludes halogenated alkanes) is 3. The van der Waals surface area contributed by atoms with Gasteiger partial charge in [0.05, 0.1) is 7.11 Å². The van der Waals surface area contributed by atoms with Gasteiger partial charge in [0.15, 0.2) is 0 Å². The van der Waals surface area contributed by atoms with Crippen LogP contribution in [0.3, 0.4) is 0 Å². The monoisotopic (exact) mass is 282 g/mol. The molecule has 1 atom stereocenters. The summed E-state index contributed by atoms with van der Waals surface area (Å²) in [5.74, 6) is 0.0319. The van der Waals surface area contributed by atoms with Gasteiger partial charge in [0.1, 0.15) is 11.0 Å². The lowest BCUT2D eigenvalue weighted by Gasteiger charge is -2.12. The Labute approximate surface area is 119 Å². The van der Waals surface area contributed by atoms with Crippen molar-refractivity contribution in [3.8, 4) is 5.75 Å². The molecule has 1 aromatic carbocycles. The SMILES string of the molecule is CCCCCCC(Sc1cccc(OC)c1)C(=O)O. The number of aliphatic carboxylic acids is 1. The van der Waals surface area contributed by atoms with Crippen LogP contribution in [0.1, 0.15) is 39.0 Å². The predicted octanol–water partition coefficient (Wildman–Crippen LogP) is 4.21. The van der Waals surface area contributed by atoms with Crippen LogP contribution in [0.2, 0.25) is 0 Å². The second kappa shape index (κ2) is 8.86. The summed E-state index contributed by atoms with van der Waals surface area (Å²) < 4.78 is 5.15. The number of benzene rings is 1. The van der Waals surface area contributed by atoms with Crippen molar-refractivity contribution in [2.45, 2.75) is 49.2 Å². The molecule has 0 aliphatic heterocycles. The smallest absolute Gasteiger partial charge is 0.316 e. The van der Waals surface area contributed by atoms with Crippen molar-refractivity contribution < 1.29 is 14.6 Å². The molecule has 0 aromatic heterocycles. The predicted molar refractivity (Wildman–Crippen MR) is 79.0 cm³/mol. The number of rotatable bonds is 9. The standard InChI is InChI=1S/C15H22O3S/c1-3-4-5-6-10-14(15(16)17)19-13-9-7-8-12(11-13)18-2/h7-9,11,14H,3-6,10H2,1-2H3,(H,16,17). The molecule has 4 heteroatoms. The van der Waals surface area contributed by atoms with Crippen LogP contribution >= 0.6 is 11.8 Å². The molecule has 3 nitrogen and oxygen atoms in total. The second-order valence-electron chi connectivity index (χ2n) is 4.47. The van der Waals surface area contributed by atoms with E-state index in [1.165, 1.54) is 24.6 Å². The van der Waals surface area contributed by atoms with E-state index in [0.29, 0.717) is 0 Å². The summed E-state index contributed by atoms with van der Waals surface area (Å²) in [6.07, 6.45) is 5.15. The number of carboxylic acids is 1. The van der Waals surface area contributed by atoms with Gasteiger partial charge in [-0.05, 0) is 24.6 Å². The molecule has 1 rings (SSSR count). The zero-order valence-electron chi connectivity index (χ0n) is 11.6. The van der Waals surface area contributed by atoms with Crippen LogP contribution in [-0.4, -0.2) is 23.4 Å². The van der Waals surface area contributed by atoms with E-state index in [9.17, 15) is 9.90 Å². The lowest BCUT2D eigenvalue weighted by molar-refractivity contribution is -0.136. The fraction of sp³-hybridized carbons (Fsp3) is 0.533. The molecule has 19 heavy (non-hydrogen) atoms. The third kappa shape index (κ3) is 6.01. The van der Waals surface area contributed by atoms with Crippen LogP contribution < -0.4 is 4.74 Å². The van der Waals surface area contributed by atoms with E-state index in [4.69, 9.17) is 4.74 Å². The van der Waals surface area contributed by atoms with Crippen molar-refractivity contribution >= 4 is 17.7 Å². The van der Waals surface area contributed by atoms with Gasteiger partial charge in [-0.2, -0.15) is 0 Å². The largest absolute Gasteiger partial charge is 0.497 e. The molecule has 0 heterocycles. The molecule has 0 aliphatic rings. The minimum Gasteiger partial charge on any atom is -0.497 e. The molecule has 0 spiro atoms. The van der Waals surface area contributed by atoms with E-state index in [1.807, 2.05) is 24.3 Å². The average Bonchev–Trinajstić information content (AvgIpc) is 2.42. The van der Waals surface area contributed by atoms with Gasteiger partial charge in [0.2, 0.25) is 0 Å². The molecule has 1 unspecified atom stereocenters. The molecule has 0 amide bonds. The second-order valence-corrected chi connectivity index (χ2v) is 5.75.